The van der Waals surface area contributed by atoms with Crippen molar-refractivity contribution >= 4 is 11.9 Å². The fourth-order valence-electron chi connectivity index (χ4n) is 2.53. The Balaban J connectivity index is 1.83. The molecule has 2 rings (SSSR count). The van der Waals surface area contributed by atoms with Crippen LogP contribution >= 0.6 is 0 Å². The van der Waals surface area contributed by atoms with Gasteiger partial charge in [0.2, 0.25) is 0 Å². The van der Waals surface area contributed by atoms with Crippen molar-refractivity contribution in [3.8, 4) is 0 Å². The van der Waals surface area contributed by atoms with Gasteiger partial charge < -0.3 is 20.4 Å². The number of benzene rings is 1. The van der Waals surface area contributed by atoms with Gasteiger partial charge in [-0.2, -0.15) is 0 Å². The molecule has 1 heterocycles. The van der Waals surface area contributed by atoms with Crippen LogP contribution in [0.15, 0.2) is 24.3 Å². The molecule has 1 fully saturated rings. The molecule has 0 bridgehead atoms. The molecule has 0 radical (unpaired) electrons. The summed E-state index contributed by atoms with van der Waals surface area (Å²) in [6, 6.07) is 7.36. The van der Waals surface area contributed by atoms with Crippen LogP contribution in [0.25, 0.3) is 0 Å². The van der Waals surface area contributed by atoms with Gasteiger partial charge in [-0.1, -0.05) is 12.1 Å². The van der Waals surface area contributed by atoms with E-state index in [0.29, 0.717) is 18.7 Å². The molecular formula is C17H26N4O2. The Hall–Kier alpha value is -2.08. The number of hydrogen-bond acceptors (Lipinski definition) is 3. The van der Waals surface area contributed by atoms with Gasteiger partial charge in [0.05, 0.1) is 0 Å². The van der Waals surface area contributed by atoms with E-state index in [1.807, 2.05) is 42.1 Å². The van der Waals surface area contributed by atoms with Gasteiger partial charge in [-0.3, -0.25) is 4.79 Å². The summed E-state index contributed by atoms with van der Waals surface area (Å²) in [5, 5.41) is 5.80. The van der Waals surface area contributed by atoms with Crippen LogP contribution in [-0.4, -0.2) is 62.0 Å². The van der Waals surface area contributed by atoms with Crippen LogP contribution in [0.4, 0.5) is 4.79 Å². The van der Waals surface area contributed by atoms with Crippen molar-refractivity contribution in [3.63, 3.8) is 0 Å². The highest BCUT2D eigenvalue weighted by molar-refractivity contribution is 5.94. The van der Waals surface area contributed by atoms with Crippen LogP contribution in [0.3, 0.4) is 0 Å². The lowest BCUT2D eigenvalue weighted by molar-refractivity contribution is 0.0951. The number of rotatable bonds is 6. The van der Waals surface area contributed by atoms with Crippen molar-refractivity contribution in [2.75, 3.05) is 40.3 Å². The van der Waals surface area contributed by atoms with Crippen LogP contribution < -0.4 is 10.6 Å². The summed E-state index contributed by atoms with van der Waals surface area (Å²) in [7, 11) is 3.94. The van der Waals surface area contributed by atoms with E-state index in [1.54, 1.807) is 6.07 Å². The zero-order chi connectivity index (χ0) is 16.7. The molecule has 6 nitrogen and oxygen atoms in total. The molecule has 1 aromatic rings. The quantitative estimate of drug-likeness (QED) is 0.830. The summed E-state index contributed by atoms with van der Waals surface area (Å²) in [4.78, 5) is 27.9. The maximum absolute atomic E-state index is 12.1. The Morgan fingerprint density at radius 1 is 1.17 bits per heavy atom. The molecule has 0 unspecified atom stereocenters. The predicted octanol–water partition coefficient (Wildman–Crippen LogP) is 1.28. The second-order valence-electron chi connectivity index (χ2n) is 6.11. The topological polar surface area (TPSA) is 64.7 Å². The first-order valence-corrected chi connectivity index (χ1v) is 8.11. The highest BCUT2D eigenvalue weighted by Gasteiger charge is 2.17. The minimum Gasteiger partial charge on any atom is -0.351 e. The summed E-state index contributed by atoms with van der Waals surface area (Å²) < 4.78 is 0. The Morgan fingerprint density at radius 2 is 1.91 bits per heavy atom. The molecule has 0 aliphatic carbocycles. The minimum absolute atomic E-state index is 0.0247. The highest BCUT2D eigenvalue weighted by Crippen LogP contribution is 2.09. The van der Waals surface area contributed by atoms with Crippen molar-refractivity contribution in [1.82, 2.24) is 20.4 Å². The van der Waals surface area contributed by atoms with Gasteiger partial charge in [-0.25, -0.2) is 4.79 Å². The molecule has 0 saturated carbocycles. The van der Waals surface area contributed by atoms with Gasteiger partial charge in [-0.15, -0.1) is 0 Å². The predicted molar refractivity (Wildman–Crippen MR) is 90.4 cm³/mol. The molecule has 1 aliphatic rings. The zero-order valence-corrected chi connectivity index (χ0v) is 14.0. The summed E-state index contributed by atoms with van der Waals surface area (Å²) in [6.45, 7) is 3.52. The number of carbonyl (C=O) groups is 2. The molecule has 1 aliphatic heterocycles. The number of amides is 3. The highest BCUT2D eigenvalue weighted by atomic mass is 16.2. The van der Waals surface area contributed by atoms with Gasteiger partial charge in [0.25, 0.3) is 5.91 Å². The van der Waals surface area contributed by atoms with E-state index in [-0.39, 0.29) is 11.9 Å². The molecule has 6 heteroatoms. The first-order chi connectivity index (χ1) is 11.1. The maximum Gasteiger partial charge on any atom is 0.317 e. The molecular weight excluding hydrogens is 292 g/mol. The molecule has 0 spiro atoms. The first kappa shape index (κ1) is 17.3. The number of nitrogens with one attached hydrogen (secondary N) is 2. The third-order valence-electron chi connectivity index (χ3n) is 3.87. The normalized spacial score (nSPS) is 14.1. The van der Waals surface area contributed by atoms with Crippen LogP contribution in [0.1, 0.15) is 28.8 Å². The number of carbonyl (C=O) groups excluding carboxylic acids is 2. The average molecular weight is 318 g/mol. The van der Waals surface area contributed by atoms with E-state index < -0.39 is 0 Å². The molecule has 23 heavy (non-hydrogen) atoms. The number of nitrogens with zero attached hydrogens (tertiary/aromatic N) is 2. The van der Waals surface area contributed by atoms with Crippen LogP contribution in [-0.2, 0) is 6.54 Å². The maximum atomic E-state index is 12.1. The van der Waals surface area contributed by atoms with Crippen LogP contribution in [0.2, 0.25) is 0 Å². The van der Waals surface area contributed by atoms with E-state index in [4.69, 9.17) is 0 Å². The van der Waals surface area contributed by atoms with Crippen molar-refractivity contribution in [1.29, 1.82) is 0 Å². The summed E-state index contributed by atoms with van der Waals surface area (Å²) in [6.07, 6.45) is 2.16. The molecule has 2 N–H and O–H groups in total. The Kier molecular flexibility index (Phi) is 6.40. The summed E-state index contributed by atoms with van der Waals surface area (Å²) in [5.74, 6) is -0.0837. The number of hydrogen-bond donors (Lipinski definition) is 2. The third kappa shape index (κ3) is 5.56. The zero-order valence-electron chi connectivity index (χ0n) is 14.0. The van der Waals surface area contributed by atoms with Gasteiger partial charge in [0.1, 0.15) is 0 Å². The van der Waals surface area contributed by atoms with Gasteiger partial charge >= 0.3 is 6.03 Å². The Morgan fingerprint density at radius 3 is 2.61 bits per heavy atom. The molecule has 0 aromatic heterocycles. The number of urea groups is 1. The fraction of sp³-hybridized carbons (Fsp3) is 0.529. The second-order valence-corrected chi connectivity index (χ2v) is 6.11. The SMILES string of the molecule is CN(C)CCNC(=O)c1cccc(CNC(=O)N2CCCC2)c1. The monoisotopic (exact) mass is 318 g/mol. The van der Waals surface area contributed by atoms with E-state index in [1.165, 1.54) is 0 Å². The smallest absolute Gasteiger partial charge is 0.317 e. The van der Waals surface area contributed by atoms with Crippen molar-refractivity contribution in [2.24, 2.45) is 0 Å². The third-order valence-corrected chi connectivity index (χ3v) is 3.87. The van der Waals surface area contributed by atoms with Crippen molar-refractivity contribution < 1.29 is 9.59 Å². The average Bonchev–Trinajstić information content (AvgIpc) is 3.07. The summed E-state index contributed by atoms with van der Waals surface area (Å²) in [5.41, 5.74) is 1.55. The Bertz CT molecular complexity index is 539. The van der Waals surface area contributed by atoms with Crippen LogP contribution in [0.5, 0.6) is 0 Å². The molecule has 126 valence electrons. The molecule has 3 amide bonds. The van der Waals surface area contributed by atoms with Gasteiger partial charge in [0, 0.05) is 38.3 Å². The number of likely N-dealkylation sites (N-methyl/N-ethyl adjacent to an activating group) is 1. The molecule has 0 atom stereocenters. The lowest BCUT2D eigenvalue weighted by Crippen LogP contribution is -2.37. The van der Waals surface area contributed by atoms with Gasteiger partial charge in [-0.05, 0) is 44.6 Å². The van der Waals surface area contributed by atoms with Crippen molar-refractivity contribution in [2.45, 2.75) is 19.4 Å². The minimum atomic E-state index is -0.0837. The van der Waals surface area contributed by atoms with E-state index in [0.717, 1.165) is 38.0 Å². The van der Waals surface area contributed by atoms with E-state index in [2.05, 4.69) is 10.6 Å². The second kappa shape index (κ2) is 8.53. The van der Waals surface area contributed by atoms with E-state index >= 15 is 0 Å². The largest absolute Gasteiger partial charge is 0.351 e. The van der Waals surface area contributed by atoms with E-state index in [9.17, 15) is 9.59 Å². The van der Waals surface area contributed by atoms with Crippen molar-refractivity contribution in [3.05, 3.63) is 35.4 Å². The Labute approximate surface area is 137 Å². The lowest BCUT2D eigenvalue weighted by atomic mass is 10.1. The number of likely N-dealkylation sites (tertiary alicyclic amines) is 1. The molecule has 1 aromatic carbocycles. The lowest BCUT2D eigenvalue weighted by Gasteiger charge is -2.16. The standard InChI is InChI=1S/C17H26N4O2/c1-20(2)11-8-18-16(22)15-7-5-6-14(12-15)13-19-17(23)21-9-3-4-10-21/h5-7,12H,3-4,8-11,13H2,1-2H3,(H,18,22)(H,19,23). The fourth-order valence-corrected chi connectivity index (χ4v) is 2.53. The summed E-state index contributed by atoms with van der Waals surface area (Å²) >= 11 is 0. The van der Waals surface area contributed by atoms with Crippen LogP contribution in [0, 0.1) is 0 Å². The van der Waals surface area contributed by atoms with Gasteiger partial charge in [0.15, 0.2) is 0 Å². The first-order valence-electron chi connectivity index (χ1n) is 8.11. The molecule has 1 saturated heterocycles.